The molecule has 0 radical (unpaired) electrons. The highest BCUT2D eigenvalue weighted by atomic mass is 16.4. The van der Waals surface area contributed by atoms with Crippen LogP contribution in [0.4, 0.5) is 0 Å². The predicted octanol–water partition coefficient (Wildman–Crippen LogP) is 0.633. The monoisotopic (exact) mass is 202 g/mol. The number of aliphatic carboxylic acids is 2. The van der Waals surface area contributed by atoms with Crippen LogP contribution in [0.1, 0.15) is 26.2 Å². The third-order valence-corrected chi connectivity index (χ3v) is 1.65. The van der Waals surface area contributed by atoms with E-state index in [-0.39, 0.29) is 12.0 Å². The number of aliphatic hydroxyl groups is 1. The predicted molar refractivity (Wildman–Crippen MR) is 48.9 cm³/mol. The second-order valence-electron chi connectivity index (χ2n) is 2.96. The van der Waals surface area contributed by atoms with Crippen molar-refractivity contribution in [2.24, 2.45) is 0 Å². The van der Waals surface area contributed by atoms with Crippen molar-refractivity contribution in [3.05, 3.63) is 11.6 Å². The van der Waals surface area contributed by atoms with E-state index in [2.05, 4.69) is 0 Å². The summed E-state index contributed by atoms with van der Waals surface area (Å²) in [6.07, 6.45) is 0.879. The molecule has 5 heteroatoms. The maximum absolute atomic E-state index is 10.5. The summed E-state index contributed by atoms with van der Waals surface area (Å²) >= 11 is 0. The Morgan fingerprint density at radius 1 is 1.36 bits per heavy atom. The van der Waals surface area contributed by atoms with Gasteiger partial charge in [0.15, 0.2) is 0 Å². The fraction of sp³-hybridized carbons (Fsp3) is 0.556. The van der Waals surface area contributed by atoms with Crippen molar-refractivity contribution in [1.29, 1.82) is 0 Å². The first-order valence-electron chi connectivity index (χ1n) is 4.32. The smallest absolute Gasteiger partial charge is 0.331 e. The van der Waals surface area contributed by atoms with Gasteiger partial charge in [-0.25, -0.2) is 9.59 Å². The molecule has 0 amide bonds. The molecule has 0 heterocycles. The van der Waals surface area contributed by atoms with Gasteiger partial charge >= 0.3 is 11.9 Å². The van der Waals surface area contributed by atoms with Gasteiger partial charge in [0, 0.05) is 18.1 Å². The third kappa shape index (κ3) is 5.31. The Kier molecular flexibility index (Phi) is 5.55. The van der Waals surface area contributed by atoms with Gasteiger partial charge in [0.25, 0.3) is 0 Å². The molecule has 0 aliphatic heterocycles. The third-order valence-electron chi connectivity index (χ3n) is 1.65. The van der Waals surface area contributed by atoms with Gasteiger partial charge in [-0.3, -0.25) is 0 Å². The molecule has 0 aromatic rings. The fourth-order valence-electron chi connectivity index (χ4n) is 1.05. The lowest BCUT2D eigenvalue weighted by Crippen LogP contribution is -2.13. The van der Waals surface area contributed by atoms with Crippen molar-refractivity contribution in [2.45, 2.75) is 32.3 Å². The first-order valence-corrected chi connectivity index (χ1v) is 4.32. The lowest BCUT2D eigenvalue weighted by atomic mass is 10.0. The van der Waals surface area contributed by atoms with Crippen LogP contribution in [0.15, 0.2) is 11.6 Å². The minimum absolute atomic E-state index is 0.129. The van der Waals surface area contributed by atoms with Crippen LogP contribution in [0.3, 0.4) is 0 Å². The molecule has 0 bridgehead atoms. The van der Waals surface area contributed by atoms with Gasteiger partial charge in [-0.15, -0.1) is 0 Å². The van der Waals surface area contributed by atoms with E-state index >= 15 is 0 Å². The molecule has 3 N–H and O–H groups in total. The second kappa shape index (κ2) is 6.15. The maximum Gasteiger partial charge on any atom is 0.331 e. The van der Waals surface area contributed by atoms with E-state index in [1.165, 1.54) is 0 Å². The normalized spacial score (nSPS) is 13.7. The van der Waals surface area contributed by atoms with E-state index in [0.717, 1.165) is 6.42 Å². The molecular weight excluding hydrogens is 188 g/mol. The van der Waals surface area contributed by atoms with Crippen molar-refractivity contribution in [3.8, 4) is 0 Å². The first-order chi connectivity index (χ1) is 6.47. The molecule has 0 aliphatic rings. The van der Waals surface area contributed by atoms with E-state index in [4.69, 9.17) is 10.2 Å². The maximum atomic E-state index is 10.5. The Balaban J connectivity index is 4.38. The van der Waals surface area contributed by atoms with Gasteiger partial charge in [0.2, 0.25) is 0 Å². The van der Waals surface area contributed by atoms with Crippen LogP contribution in [0, 0.1) is 0 Å². The van der Waals surface area contributed by atoms with Crippen LogP contribution in [-0.4, -0.2) is 33.4 Å². The summed E-state index contributed by atoms with van der Waals surface area (Å²) in [5.74, 6) is -2.62. The van der Waals surface area contributed by atoms with Crippen molar-refractivity contribution in [2.75, 3.05) is 0 Å². The van der Waals surface area contributed by atoms with E-state index in [0.29, 0.717) is 12.5 Å². The molecule has 0 spiro atoms. The van der Waals surface area contributed by atoms with E-state index in [1.807, 2.05) is 6.92 Å². The fourth-order valence-corrected chi connectivity index (χ4v) is 1.05. The van der Waals surface area contributed by atoms with Crippen molar-refractivity contribution in [3.63, 3.8) is 0 Å². The molecule has 80 valence electrons. The van der Waals surface area contributed by atoms with E-state index in [9.17, 15) is 14.7 Å². The van der Waals surface area contributed by atoms with Crippen LogP contribution in [-0.2, 0) is 9.59 Å². The van der Waals surface area contributed by atoms with E-state index < -0.39 is 18.0 Å². The minimum Gasteiger partial charge on any atom is -0.478 e. The Morgan fingerprint density at radius 3 is 2.29 bits per heavy atom. The number of hydrogen-bond donors (Lipinski definition) is 3. The van der Waals surface area contributed by atoms with Crippen molar-refractivity contribution in [1.82, 2.24) is 0 Å². The number of carboxylic acid groups (broad SMARTS) is 2. The zero-order chi connectivity index (χ0) is 11.1. The Hall–Kier alpha value is -1.36. The summed E-state index contributed by atoms with van der Waals surface area (Å²) in [7, 11) is 0. The highest BCUT2D eigenvalue weighted by Gasteiger charge is 2.14. The van der Waals surface area contributed by atoms with E-state index in [1.54, 1.807) is 0 Å². The number of aliphatic hydroxyl groups excluding tert-OH is 1. The molecule has 0 fully saturated rings. The van der Waals surface area contributed by atoms with Gasteiger partial charge < -0.3 is 15.3 Å². The van der Waals surface area contributed by atoms with Gasteiger partial charge in [-0.05, 0) is 6.42 Å². The summed E-state index contributed by atoms with van der Waals surface area (Å²) in [5, 5.41) is 26.2. The van der Waals surface area contributed by atoms with Crippen LogP contribution >= 0.6 is 0 Å². The zero-order valence-electron chi connectivity index (χ0n) is 7.93. The SMILES string of the molecule is CCCC(O)C/C(=C/C(=O)O)C(=O)O. The molecule has 0 aliphatic carbocycles. The molecule has 1 atom stereocenters. The van der Waals surface area contributed by atoms with Crippen LogP contribution in [0.2, 0.25) is 0 Å². The molecule has 0 aromatic carbocycles. The molecular formula is C9H14O5. The minimum atomic E-state index is -1.31. The van der Waals surface area contributed by atoms with Crippen molar-refractivity contribution < 1.29 is 24.9 Å². The highest BCUT2D eigenvalue weighted by Crippen LogP contribution is 2.10. The summed E-state index contributed by atoms with van der Waals surface area (Å²) in [5.41, 5.74) is -0.279. The summed E-state index contributed by atoms with van der Waals surface area (Å²) < 4.78 is 0. The first kappa shape index (κ1) is 12.6. The Labute approximate surface area is 81.7 Å². The molecule has 0 rings (SSSR count). The quantitative estimate of drug-likeness (QED) is 0.549. The Morgan fingerprint density at radius 2 is 1.93 bits per heavy atom. The average molecular weight is 202 g/mol. The number of hydrogen-bond acceptors (Lipinski definition) is 3. The molecule has 5 nitrogen and oxygen atoms in total. The largest absolute Gasteiger partial charge is 0.478 e. The van der Waals surface area contributed by atoms with Crippen LogP contribution < -0.4 is 0 Å². The summed E-state index contributed by atoms with van der Waals surface area (Å²) in [6.45, 7) is 1.85. The molecule has 0 saturated heterocycles. The number of carboxylic acids is 2. The molecule has 1 unspecified atom stereocenters. The van der Waals surface area contributed by atoms with Crippen molar-refractivity contribution >= 4 is 11.9 Å². The lowest BCUT2D eigenvalue weighted by Gasteiger charge is -2.08. The second-order valence-corrected chi connectivity index (χ2v) is 2.96. The molecule has 0 saturated carbocycles. The molecule has 0 aromatic heterocycles. The zero-order valence-corrected chi connectivity index (χ0v) is 7.93. The highest BCUT2D eigenvalue weighted by molar-refractivity contribution is 5.94. The summed E-state index contributed by atoms with van der Waals surface area (Å²) in [4.78, 5) is 20.8. The number of carbonyl (C=O) groups is 2. The van der Waals surface area contributed by atoms with Crippen LogP contribution in [0.25, 0.3) is 0 Å². The standard InChI is InChI=1S/C9H14O5/c1-2-3-7(10)4-6(9(13)14)5-8(11)12/h5,7,10H,2-4H2,1H3,(H,11,12)(H,13,14)/b6-5-. The summed E-state index contributed by atoms with van der Waals surface area (Å²) in [6, 6.07) is 0. The average Bonchev–Trinajstić information content (AvgIpc) is 2.02. The number of rotatable bonds is 6. The van der Waals surface area contributed by atoms with Gasteiger partial charge in [-0.2, -0.15) is 0 Å². The Bertz CT molecular complexity index is 244. The van der Waals surface area contributed by atoms with Crippen LogP contribution in [0.5, 0.6) is 0 Å². The topological polar surface area (TPSA) is 94.8 Å². The van der Waals surface area contributed by atoms with Gasteiger partial charge in [-0.1, -0.05) is 13.3 Å². The molecule has 14 heavy (non-hydrogen) atoms. The van der Waals surface area contributed by atoms with Gasteiger partial charge in [0.05, 0.1) is 6.10 Å². The lowest BCUT2D eigenvalue weighted by molar-refractivity contribution is -0.135. The van der Waals surface area contributed by atoms with Gasteiger partial charge in [0.1, 0.15) is 0 Å².